The molecule has 1 aliphatic rings. The highest BCUT2D eigenvalue weighted by Gasteiger charge is 2.24. The van der Waals surface area contributed by atoms with E-state index in [0.29, 0.717) is 24.4 Å². The van der Waals surface area contributed by atoms with Gasteiger partial charge < -0.3 is 15.0 Å². The van der Waals surface area contributed by atoms with Crippen molar-refractivity contribution < 1.29 is 14.3 Å². The van der Waals surface area contributed by atoms with Gasteiger partial charge in [0, 0.05) is 18.7 Å². The SMILES string of the molecule is C=C(CN1CCC1=O)NC(=O)COc1ccccc1. The summed E-state index contributed by atoms with van der Waals surface area (Å²) in [5, 5.41) is 2.62. The maximum absolute atomic E-state index is 11.6. The van der Waals surface area contributed by atoms with Crippen LogP contribution in [0.4, 0.5) is 0 Å². The molecule has 5 nitrogen and oxygen atoms in total. The van der Waals surface area contributed by atoms with Gasteiger partial charge in [-0.15, -0.1) is 0 Å². The van der Waals surface area contributed by atoms with E-state index in [1.54, 1.807) is 17.0 Å². The second-order valence-electron chi connectivity index (χ2n) is 4.32. The van der Waals surface area contributed by atoms with Gasteiger partial charge in [0.25, 0.3) is 5.91 Å². The predicted molar refractivity (Wildman–Crippen MR) is 70.4 cm³/mol. The fourth-order valence-corrected chi connectivity index (χ4v) is 1.70. The van der Waals surface area contributed by atoms with Crippen LogP contribution in [0.2, 0.25) is 0 Å². The average Bonchev–Trinajstić information content (AvgIpc) is 2.42. The third-order valence-corrected chi connectivity index (χ3v) is 2.76. The Kier molecular flexibility index (Phi) is 4.18. The summed E-state index contributed by atoms with van der Waals surface area (Å²) in [5.41, 5.74) is 0.509. The molecule has 1 heterocycles. The van der Waals surface area contributed by atoms with Crippen molar-refractivity contribution >= 4 is 11.8 Å². The van der Waals surface area contributed by atoms with E-state index in [4.69, 9.17) is 4.74 Å². The zero-order valence-electron chi connectivity index (χ0n) is 10.6. The molecule has 1 saturated heterocycles. The minimum Gasteiger partial charge on any atom is -0.484 e. The van der Waals surface area contributed by atoms with Crippen molar-refractivity contribution in [1.29, 1.82) is 0 Å². The standard InChI is InChI=1S/C14H16N2O3/c1-11(9-16-8-7-14(16)18)15-13(17)10-19-12-5-3-2-4-6-12/h2-6H,1,7-10H2,(H,15,17). The lowest BCUT2D eigenvalue weighted by Crippen LogP contribution is -2.46. The molecule has 0 atom stereocenters. The van der Waals surface area contributed by atoms with Crippen molar-refractivity contribution in [1.82, 2.24) is 10.2 Å². The van der Waals surface area contributed by atoms with Crippen molar-refractivity contribution in [3.05, 3.63) is 42.6 Å². The van der Waals surface area contributed by atoms with E-state index in [-0.39, 0.29) is 18.4 Å². The van der Waals surface area contributed by atoms with Crippen LogP contribution >= 0.6 is 0 Å². The van der Waals surface area contributed by atoms with E-state index in [1.165, 1.54) is 0 Å². The molecule has 0 saturated carbocycles. The Morgan fingerprint density at radius 2 is 2.11 bits per heavy atom. The number of rotatable bonds is 6. The Morgan fingerprint density at radius 1 is 1.37 bits per heavy atom. The zero-order chi connectivity index (χ0) is 13.7. The first-order chi connectivity index (χ1) is 9.15. The van der Waals surface area contributed by atoms with Gasteiger partial charge in [-0.2, -0.15) is 0 Å². The number of para-hydroxylation sites is 1. The van der Waals surface area contributed by atoms with E-state index in [2.05, 4.69) is 11.9 Å². The molecule has 1 N–H and O–H groups in total. The molecule has 19 heavy (non-hydrogen) atoms. The molecule has 0 aromatic heterocycles. The van der Waals surface area contributed by atoms with E-state index in [9.17, 15) is 9.59 Å². The number of amides is 2. The maximum Gasteiger partial charge on any atom is 0.262 e. The second kappa shape index (κ2) is 6.04. The zero-order valence-corrected chi connectivity index (χ0v) is 10.6. The number of β-lactam (4-membered cyclic amide) rings is 1. The van der Waals surface area contributed by atoms with Gasteiger partial charge in [-0.1, -0.05) is 24.8 Å². The van der Waals surface area contributed by atoms with Crippen molar-refractivity contribution in [3.8, 4) is 5.75 Å². The number of benzene rings is 1. The largest absolute Gasteiger partial charge is 0.484 e. The summed E-state index contributed by atoms with van der Waals surface area (Å²) in [5.74, 6) is 0.457. The van der Waals surface area contributed by atoms with Gasteiger partial charge >= 0.3 is 0 Å². The van der Waals surface area contributed by atoms with E-state index < -0.39 is 0 Å². The lowest BCUT2D eigenvalue weighted by atomic mass is 10.2. The smallest absolute Gasteiger partial charge is 0.262 e. The summed E-state index contributed by atoms with van der Waals surface area (Å²) in [6.45, 7) is 4.75. The topological polar surface area (TPSA) is 58.6 Å². The number of likely N-dealkylation sites (tertiary alicyclic amines) is 1. The van der Waals surface area contributed by atoms with Crippen LogP contribution in [0.5, 0.6) is 5.75 Å². The van der Waals surface area contributed by atoms with Crippen LogP contribution in [0.25, 0.3) is 0 Å². The van der Waals surface area contributed by atoms with Crippen LogP contribution in [-0.4, -0.2) is 36.4 Å². The van der Waals surface area contributed by atoms with Gasteiger partial charge in [0.1, 0.15) is 5.75 Å². The molecule has 2 amide bonds. The Hall–Kier alpha value is -2.30. The molecule has 0 bridgehead atoms. The number of ether oxygens (including phenoxy) is 1. The number of carbonyl (C=O) groups is 2. The van der Waals surface area contributed by atoms with Crippen molar-refractivity contribution in [2.75, 3.05) is 19.7 Å². The van der Waals surface area contributed by atoms with Crippen LogP contribution in [0.1, 0.15) is 6.42 Å². The summed E-state index contributed by atoms with van der Waals surface area (Å²) in [4.78, 5) is 24.3. The maximum atomic E-state index is 11.6. The molecular weight excluding hydrogens is 244 g/mol. The summed E-state index contributed by atoms with van der Waals surface area (Å²) in [7, 11) is 0. The van der Waals surface area contributed by atoms with Gasteiger partial charge in [-0.05, 0) is 12.1 Å². The number of carbonyl (C=O) groups excluding carboxylic acids is 2. The quantitative estimate of drug-likeness (QED) is 0.774. The Bertz CT molecular complexity index is 485. The fraction of sp³-hybridized carbons (Fsp3) is 0.286. The van der Waals surface area contributed by atoms with Gasteiger partial charge in [-0.25, -0.2) is 0 Å². The summed E-state index contributed by atoms with van der Waals surface area (Å²) in [6.07, 6.45) is 0.582. The van der Waals surface area contributed by atoms with Crippen LogP contribution in [0.15, 0.2) is 42.6 Å². The summed E-state index contributed by atoms with van der Waals surface area (Å²) < 4.78 is 5.30. The van der Waals surface area contributed by atoms with Crippen molar-refractivity contribution in [3.63, 3.8) is 0 Å². The fourth-order valence-electron chi connectivity index (χ4n) is 1.70. The van der Waals surface area contributed by atoms with Crippen LogP contribution in [-0.2, 0) is 9.59 Å². The van der Waals surface area contributed by atoms with E-state index in [1.807, 2.05) is 18.2 Å². The van der Waals surface area contributed by atoms with Crippen molar-refractivity contribution in [2.45, 2.75) is 6.42 Å². The highest BCUT2D eigenvalue weighted by atomic mass is 16.5. The van der Waals surface area contributed by atoms with Crippen LogP contribution in [0.3, 0.4) is 0 Å². The molecule has 2 rings (SSSR count). The molecule has 1 fully saturated rings. The van der Waals surface area contributed by atoms with Gasteiger partial charge in [0.2, 0.25) is 5.91 Å². The Labute approximate surface area is 111 Å². The van der Waals surface area contributed by atoms with Gasteiger partial charge in [0.05, 0.1) is 6.54 Å². The monoisotopic (exact) mass is 260 g/mol. The molecule has 0 radical (unpaired) electrons. The Balaban J connectivity index is 1.69. The molecule has 0 spiro atoms. The third-order valence-electron chi connectivity index (χ3n) is 2.76. The minimum absolute atomic E-state index is 0.0724. The highest BCUT2D eigenvalue weighted by Crippen LogP contribution is 2.10. The molecular formula is C14H16N2O3. The molecule has 5 heteroatoms. The Morgan fingerprint density at radius 3 is 2.68 bits per heavy atom. The number of nitrogens with one attached hydrogen (secondary N) is 1. The molecule has 1 aromatic carbocycles. The normalized spacial score (nSPS) is 13.7. The van der Waals surface area contributed by atoms with Crippen LogP contribution in [0, 0.1) is 0 Å². The molecule has 100 valence electrons. The van der Waals surface area contributed by atoms with E-state index >= 15 is 0 Å². The third kappa shape index (κ3) is 3.84. The van der Waals surface area contributed by atoms with Gasteiger partial charge in [0.15, 0.2) is 6.61 Å². The highest BCUT2D eigenvalue weighted by molar-refractivity contribution is 5.82. The van der Waals surface area contributed by atoms with Crippen molar-refractivity contribution in [2.24, 2.45) is 0 Å². The molecule has 0 unspecified atom stereocenters. The predicted octanol–water partition coefficient (Wildman–Crippen LogP) is 0.928. The lowest BCUT2D eigenvalue weighted by Gasteiger charge is -2.31. The first kappa shape index (κ1) is 13.1. The van der Waals surface area contributed by atoms with E-state index in [0.717, 1.165) is 6.54 Å². The summed E-state index contributed by atoms with van der Waals surface area (Å²) in [6, 6.07) is 9.10. The molecule has 1 aromatic rings. The first-order valence-corrected chi connectivity index (χ1v) is 6.08. The first-order valence-electron chi connectivity index (χ1n) is 6.08. The number of hydrogen-bond donors (Lipinski definition) is 1. The number of nitrogens with zero attached hydrogens (tertiary/aromatic N) is 1. The minimum atomic E-state index is -0.276. The molecule has 0 aliphatic carbocycles. The average molecular weight is 260 g/mol. The molecule has 1 aliphatic heterocycles. The van der Waals surface area contributed by atoms with Crippen LogP contribution < -0.4 is 10.1 Å². The number of hydrogen-bond acceptors (Lipinski definition) is 3. The van der Waals surface area contributed by atoms with Gasteiger partial charge in [-0.3, -0.25) is 9.59 Å². The summed E-state index contributed by atoms with van der Waals surface area (Å²) >= 11 is 0. The lowest BCUT2D eigenvalue weighted by molar-refractivity contribution is -0.139. The second-order valence-corrected chi connectivity index (χ2v) is 4.32.